The third-order valence-electron chi connectivity index (χ3n) is 9.56. The molecule has 0 aromatic rings. The third-order valence-corrected chi connectivity index (χ3v) is 9.56. The largest absolute Gasteiger partial charge is 0.364 e. The van der Waals surface area contributed by atoms with Crippen LogP contribution in [0.5, 0.6) is 0 Å². The van der Waals surface area contributed by atoms with E-state index in [1.165, 1.54) is 37.8 Å². The monoisotopic (exact) mass is 377 g/mol. The van der Waals surface area contributed by atoms with Crippen molar-refractivity contribution >= 4 is 5.78 Å². The lowest BCUT2D eigenvalue weighted by Gasteiger charge is -2.60. The van der Waals surface area contributed by atoms with Gasteiger partial charge in [0.15, 0.2) is 0 Å². The summed E-state index contributed by atoms with van der Waals surface area (Å²) in [5.41, 5.74) is 3.39. The first-order valence-corrected chi connectivity index (χ1v) is 11.4. The Balaban J connectivity index is 1.55. The van der Waals surface area contributed by atoms with Gasteiger partial charge in [-0.2, -0.15) is 0 Å². The summed E-state index contributed by atoms with van der Waals surface area (Å²) in [5, 5.41) is 3.60. The average molecular weight is 378 g/mol. The van der Waals surface area contributed by atoms with Crippen LogP contribution >= 0.6 is 0 Å². The van der Waals surface area contributed by atoms with Crippen LogP contribution in [0, 0.1) is 34.0 Å². The van der Waals surface area contributed by atoms with Gasteiger partial charge >= 0.3 is 0 Å². The van der Waals surface area contributed by atoms with Crippen molar-refractivity contribution in [2.24, 2.45) is 34.0 Å². The molecule has 0 radical (unpaired) electrons. The molecule has 0 saturated heterocycles. The van der Waals surface area contributed by atoms with Crippen molar-refractivity contribution < 1.29 is 4.79 Å². The highest BCUT2D eigenvalue weighted by atomic mass is 16.1. The quantitative estimate of drug-likeness (QED) is 0.561. The molecule has 5 aliphatic rings. The van der Waals surface area contributed by atoms with E-state index in [1.807, 2.05) is 0 Å². The lowest BCUT2D eigenvalue weighted by Crippen LogP contribution is -2.53. The molecule has 0 bridgehead atoms. The van der Waals surface area contributed by atoms with E-state index in [4.69, 9.17) is 0 Å². The second kappa shape index (κ2) is 6.21. The van der Waals surface area contributed by atoms with Crippen molar-refractivity contribution in [3.8, 4) is 0 Å². The molecule has 28 heavy (non-hydrogen) atoms. The van der Waals surface area contributed by atoms with Gasteiger partial charge < -0.3 is 5.32 Å². The van der Waals surface area contributed by atoms with Crippen molar-refractivity contribution in [2.45, 2.75) is 72.1 Å². The van der Waals surface area contributed by atoms with Crippen LogP contribution in [0.4, 0.5) is 0 Å². The molecule has 1 heterocycles. The summed E-state index contributed by atoms with van der Waals surface area (Å²) in [5.74, 6) is 2.61. The Bertz CT molecular complexity index is 816. The maximum atomic E-state index is 12.7. The van der Waals surface area contributed by atoms with Crippen molar-refractivity contribution in [2.75, 3.05) is 0 Å². The molecule has 1 aliphatic heterocycles. The van der Waals surface area contributed by atoms with Crippen LogP contribution in [0.25, 0.3) is 0 Å². The zero-order chi connectivity index (χ0) is 19.6. The minimum absolute atomic E-state index is 0.0260. The number of Topliss-reactive ketones (excluding diaryl/α,β-unsaturated/α-hetero) is 1. The van der Waals surface area contributed by atoms with E-state index in [2.05, 4.69) is 62.7 Å². The SMILES string of the molecule is CC1(C2=CC=CC=CN2)CCC[C@@]2(C)C1=CC[C@@H]1[C@@H]2CC[C@]2(C)C(=O)CC[C@@H]12. The van der Waals surface area contributed by atoms with Crippen molar-refractivity contribution in [3.63, 3.8) is 0 Å². The Labute approximate surface area is 170 Å². The second-order valence-electron chi connectivity index (χ2n) is 10.7. The fourth-order valence-electron chi connectivity index (χ4n) is 8.07. The minimum Gasteiger partial charge on any atom is -0.364 e. The fraction of sp³-hybridized carbons (Fsp3) is 0.654. The number of nitrogens with one attached hydrogen (secondary N) is 1. The van der Waals surface area contributed by atoms with Gasteiger partial charge in [-0.05, 0) is 73.8 Å². The molecule has 4 aliphatic carbocycles. The Morgan fingerprint density at radius 2 is 1.79 bits per heavy atom. The van der Waals surface area contributed by atoms with Gasteiger partial charge in [-0.15, -0.1) is 0 Å². The van der Waals surface area contributed by atoms with Crippen LogP contribution in [0.1, 0.15) is 72.1 Å². The van der Waals surface area contributed by atoms with E-state index in [-0.39, 0.29) is 16.2 Å². The molecule has 0 aromatic carbocycles. The van der Waals surface area contributed by atoms with Crippen LogP contribution in [-0.4, -0.2) is 5.78 Å². The molecule has 150 valence electrons. The van der Waals surface area contributed by atoms with Gasteiger partial charge in [0, 0.05) is 29.1 Å². The normalized spacial score (nSPS) is 47.2. The highest BCUT2D eigenvalue weighted by Crippen LogP contribution is 2.67. The molecule has 1 unspecified atom stereocenters. The van der Waals surface area contributed by atoms with Crippen LogP contribution in [0.3, 0.4) is 0 Å². The van der Waals surface area contributed by atoms with E-state index in [0.29, 0.717) is 17.6 Å². The van der Waals surface area contributed by atoms with E-state index >= 15 is 0 Å². The summed E-state index contributed by atoms with van der Waals surface area (Å²) in [6.07, 6.45) is 22.7. The van der Waals surface area contributed by atoms with Crippen molar-refractivity contribution in [1.82, 2.24) is 5.32 Å². The Morgan fingerprint density at radius 1 is 0.964 bits per heavy atom. The van der Waals surface area contributed by atoms with Gasteiger partial charge in [0.2, 0.25) is 0 Å². The van der Waals surface area contributed by atoms with E-state index in [0.717, 1.165) is 25.2 Å². The summed E-state index contributed by atoms with van der Waals surface area (Å²) < 4.78 is 0. The van der Waals surface area contributed by atoms with Crippen LogP contribution in [0.15, 0.2) is 47.9 Å². The number of carbonyl (C=O) groups is 1. The van der Waals surface area contributed by atoms with Crippen molar-refractivity contribution in [3.05, 3.63) is 47.9 Å². The predicted molar refractivity (Wildman–Crippen MR) is 114 cm³/mol. The topological polar surface area (TPSA) is 29.1 Å². The molecule has 1 N–H and O–H groups in total. The number of hydrogen-bond donors (Lipinski definition) is 1. The Hall–Kier alpha value is -1.57. The minimum atomic E-state index is -0.0260. The molecule has 2 heteroatoms. The number of carbonyl (C=O) groups excluding carboxylic acids is 1. The van der Waals surface area contributed by atoms with Crippen LogP contribution < -0.4 is 5.32 Å². The third kappa shape index (κ3) is 2.36. The van der Waals surface area contributed by atoms with E-state index in [9.17, 15) is 4.79 Å². The summed E-state index contributed by atoms with van der Waals surface area (Å²) >= 11 is 0. The molecule has 3 fully saturated rings. The standard InChI is InChI=1S/C26H35NO/c1-24-14-7-15-26(3,22-8-5-4-6-17-27-22)21(24)11-9-18-19-10-12-23(28)25(19,2)16-13-20(18)24/h4-6,8,11,17-20,27H,7,9-10,12-16H2,1-3H3/t18-,19-,20-,24+,25-,26?/m0/s1. The van der Waals surface area contributed by atoms with E-state index < -0.39 is 0 Å². The van der Waals surface area contributed by atoms with Crippen LogP contribution in [-0.2, 0) is 4.79 Å². The number of allylic oxidation sites excluding steroid dienone is 6. The van der Waals surface area contributed by atoms with Gasteiger partial charge in [0.1, 0.15) is 5.78 Å². The number of fused-ring (bicyclic) bond motifs is 5. The number of rotatable bonds is 1. The van der Waals surface area contributed by atoms with E-state index in [1.54, 1.807) is 5.57 Å². The number of ketones is 1. The zero-order valence-corrected chi connectivity index (χ0v) is 17.8. The van der Waals surface area contributed by atoms with Gasteiger partial charge in [-0.3, -0.25) is 4.79 Å². The lowest BCUT2D eigenvalue weighted by atomic mass is 9.44. The molecule has 0 aromatic heterocycles. The molecule has 0 amide bonds. The molecule has 0 spiro atoms. The molecular weight excluding hydrogens is 342 g/mol. The lowest BCUT2D eigenvalue weighted by molar-refractivity contribution is -0.132. The number of hydrogen-bond acceptors (Lipinski definition) is 2. The van der Waals surface area contributed by atoms with Gasteiger partial charge in [0.25, 0.3) is 0 Å². The first-order chi connectivity index (χ1) is 13.4. The molecule has 3 saturated carbocycles. The highest BCUT2D eigenvalue weighted by Gasteiger charge is 2.60. The summed E-state index contributed by atoms with van der Waals surface area (Å²) in [6, 6.07) is 0. The average Bonchev–Trinajstić information content (AvgIpc) is 2.86. The zero-order valence-electron chi connectivity index (χ0n) is 17.8. The highest BCUT2D eigenvalue weighted by molar-refractivity contribution is 5.87. The van der Waals surface area contributed by atoms with Crippen LogP contribution in [0.2, 0.25) is 0 Å². The maximum Gasteiger partial charge on any atom is 0.139 e. The van der Waals surface area contributed by atoms with Gasteiger partial charge in [0.05, 0.1) is 0 Å². The second-order valence-corrected chi connectivity index (χ2v) is 10.7. The Morgan fingerprint density at radius 3 is 2.64 bits per heavy atom. The molecular formula is C26H35NO. The predicted octanol–water partition coefficient (Wildman–Crippen LogP) is 6.08. The molecule has 6 atom stereocenters. The maximum absolute atomic E-state index is 12.7. The molecule has 2 nitrogen and oxygen atoms in total. The summed E-state index contributed by atoms with van der Waals surface area (Å²) in [7, 11) is 0. The van der Waals surface area contributed by atoms with Crippen molar-refractivity contribution in [1.29, 1.82) is 0 Å². The first-order valence-electron chi connectivity index (χ1n) is 11.4. The Kier molecular flexibility index (Phi) is 4.09. The first kappa shape index (κ1) is 18.5. The smallest absolute Gasteiger partial charge is 0.139 e. The summed E-state index contributed by atoms with van der Waals surface area (Å²) in [6.45, 7) is 7.32. The fourth-order valence-corrected chi connectivity index (χ4v) is 8.07. The van der Waals surface area contributed by atoms with Gasteiger partial charge in [-0.1, -0.05) is 51.0 Å². The summed E-state index contributed by atoms with van der Waals surface area (Å²) in [4.78, 5) is 12.7. The molecule has 5 rings (SSSR count). The van der Waals surface area contributed by atoms with Gasteiger partial charge in [-0.25, -0.2) is 0 Å².